The van der Waals surface area contributed by atoms with Crippen molar-refractivity contribution in [3.63, 3.8) is 0 Å². The SMILES string of the molecule is CCCCNc1c(C)cccc1O. The van der Waals surface area contributed by atoms with E-state index in [-0.39, 0.29) is 0 Å². The van der Waals surface area contributed by atoms with E-state index in [4.69, 9.17) is 0 Å². The smallest absolute Gasteiger partial charge is 0.138 e. The van der Waals surface area contributed by atoms with Crippen LogP contribution >= 0.6 is 0 Å². The summed E-state index contributed by atoms with van der Waals surface area (Å²) in [5.41, 5.74) is 1.96. The highest BCUT2D eigenvalue weighted by Gasteiger charge is 2.01. The summed E-state index contributed by atoms with van der Waals surface area (Å²) in [6.07, 6.45) is 2.30. The molecular weight excluding hydrogens is 162 g/mol. The quantitative estimate of drug-likeness (QED) is 0.550. The number of hydrogen-bond donors (Lipinski definition) is 2. The zero-order valence-electron chi connectivity index (χ0n) is 8.30. The number of aromatic hydroxyl groups is 1. The van der Waals surface area contributed by atoms with Crippen LogP contribution in [0.1, 0.15) is 25.3 Å². The van der Waals surface area contributed by atoms with Crippen LogP contribution < -0.4 is 5.32 Å². The zero-order chi connectivity index (χ0) is 9.68. The van der Waals surface area contributed by atoms with Crippen molar-refractivity contribution < 1.29 is 5.11 Å². The summed E-state index contributed by atoms with van der Waals surface area (Å²) in [4.78, 5) is 0. The Labute approximate surface area is 79.6 Å². The Morgan fingerprint density at radius 2 is 2.15 bits per heavy atom. The maximum Gasteiger partial charge on any atom is 0.138 e. The Kier molecular flexibility index (Phi) is 3.62. The van der Waals surface area contributed by atoms with Gasteiger partial charge in [0.15, 0.2) is 0 Å². The largest absolute Gasteiger partial charge is 0.506 e. The third kappa shape index (κ3) is 2.65. The predicted octanol–water partition coefficient (Wildman–Crippen LogP) is 2.91. The molecule has 0 radical (unpaired) electrons. The number of rotatable bonds is 4. The minimum Gasteiger partial charge on any atom is -0.506 e. The molecule has 2 N–H and O–H groups in total. The van der Waals surface area contributed by atoms with Crippen molar-refractivity contribution in [2.24, 2.45) is 0 Å². The second kappa shape index (κ2) is 4.75. The minimum absolute atomic E-state index is 0.344. The lowest BCUT2D eigenvalue weighted by molar-refractivity contribution is 0.476. The van der Waals surface area contributed by atoms with Gasteiger partial charge < -0.3 is 10.4 Å². The van der Waals surface area contributed by atoms with Crippen molar-refractivity contribution in [3.05, 3.63) is 23.8 Å². The molecule has 13 heavy (non-hydrogen) atoms. The maximum atomic E-state index is 9.53. The summed E-state index contributed by atoms with van der Waals surface area (Å²) < 4.78 is 0. The molecule has 0 aliphatic rings. The highest BCUT2D eigenvalue weighted by molar-refractivity contribution is 5.60. The molecule has 1 rings (SSSR count). The van der Waals surface area contributed by atoms with E-state index in [1.165, 1.54) is 6.42 Å². The standard InChI is InChI=1S/C11H17NO/c1-3-4-8-12-11-9(2)6-5-7-10(11)13/h5-7,12-13H,3-4,8H2,1-2H3. The highest BCUT2D eigenvalue weighted by atomic mass is 16.3. The van der Waals surface area contributed by atoms with Gasteiger partial charge >= 0.3 is 0 Å². The molecule has 0 spiro atoms. The van der Waals surface area contributed by atoms with Crippen molar-refractivity contribution in [1.82, 2.24) is 0 Å². The summed E-state index contributed by atoms with van der Waals surface area (Å²) >= 11 is 0. The maximum absolute atomic E-state index is 9.53. The fraction of sp³-hybridized carbons (Fsp3) is 0.455. The van der Waals surface area contributed by atoms with Gasteiger partial charge in [0.1, 0.15) is 5.75 Å². The molecule has 0 saturated carbocycles. The monoisotopic (exact) mass is 179 g/mol. The van der Waals surface area contributed by atoms with Gasteiger partial charge in [-0.2, -0.15) is 0 Å². The fourth-order valence-electron chi connectivity index (χ4n) is 1.27. The van der Waals surface area contributed by atoms with Crippen LogP contribution in [0.3, 0.4) is 0 Å². The first kappa shape index (κ1) is 9.90. The van der Waals surface area contributed by atoms with Gasteiger partial charge in [-0.3, -0.25) is 0 Å². The number of hydrogen-bond acceptors (Lipinski definition) is 2. The van der Waals surface area contributed by atoms with Gasteiger partial charge in [0, 0.05) is 6.54 Å². The molecule has 2 heteroatoms. The number of benzene rings is 1. The lowest BCUT2D eigenvalue weighted by Gasteiger charge is -2.10. The third-order valence-electron chi connectivity index (χ3n) is 2.08. The van der Waals surface area contributed by atoms with Crippen LogP contribution in [0.25, 0.3) is 0 Å². The van der Waals surface area contributed by atoms with E-state index in [9.17, 15) is 5.11 Å². The van der Waals surface area contributed by atoms with Crippen LogP contribution in [0.4, 0.5) is 5.69 Å². The number of nitrogens with one attached hydrogen (secondary N) is 1. The molecule has 0 bridgehead atoms. The minimum atomic E-state index is 0.344. The molecule has 0 aromatic heterocycles. The molecule has 0 atom stereocenters. The van der Waals surface area contributed by atoms with Crippen LogP contribution in [-0.4, -0.2) is 11.7 Å². The van der Waals surface area contributed by atoms with Crippen LogP contribution in [0, 0.1) is 6.92 Å². The Balaban J connectivity index is 2.64. The summed E-state index contributed by atoms with van der Waals surface area (Å²) in [7, 11) is 0. The average molecular weight is 179 g/mol. The van der Waals surface area contributed by atoms with E-state index in [1.54, 1.807) is 6.07 Å². The van der Waals surface area contributed by atoms with Crippen LogP contribution in [0.5, 0.6) is 5.75 Å². The predicted molar refractivity (Wildman–Crippen MR) is 56.2 cm³/mol. The molecule has 2 nitrogen and oxygen atoms in total. The number of phenols is 1. The first-order valence-corrected chi connectivity index (χ1v) is 4.78. The number of anilines is 1. The summed E-state index contributed by atoms with van der Waals surface area (Å²) in [5, 5.41) is 12.8. The molecule has 0 amide bonds. The molecule has 0 aliphatic heterocycles. The van der Waals surface area contributed by atoms with E-state index in [0.29, 0.717) is 5.75 Å². The summed E-state index contributed by atoms with van der Waals surface area (Å²) in [5.74, 6) is 0.344. The van der Waals surface area contributed by atoms with E-state index in [1.807, 2.05) is 19.1 Å². The van der Waals surface area contributed by atoms with Gasteiger partial charge in [0.05, 0.1) is 5.69 Å². The summed E-state index contributed by atoms with van der Waals surface area (Å²) in [6.45, 7) is 5.07. The van der Waals surface area contributed by atoms with Gasteiger partial charge in [-0.1, -0.05) is 25.5 Å². The number of phenolic OH excluding ortho intramolecular Hbond substituents is 1. The van der Waals surface area contributed by atoms with Crippen molar-refractivity contribution in [2.75, 3.05) is 11.9 Å². The first-order chi connectivity index (χ1) is 6.25. The number of unbranched alkanes of at least 4 members (excludes halogenated alkanes) is 1. The molecule has 0 fully saturated rings. The van der Waals surface area contributed by atoms with Gasteiger partial charge in [0.25, 0.3) is 0 Å². The molecule has 72 valence electrons. The normalized spacial score (nSPS) is 10.0. The van der Waals surface area contributed by atoms with Gasteiger partial charge in [0.2, 0.25) is 0 Å². The molecular formula is C11H17NO. The van der Waals surface area contributed by atoms with Crippen LogP contribution in [-0.2, 0) is 0 Å². The van der Waals surface area contributed by atoms with E-state index >= 15 is 0 Å². The highest BCUT2D eigenvalue weighted by Crippen LogP contribution is 2.26. The van der Waals surface area contributed by atoms with Crippen molar-refractivity contribution in [2.45, 2.75) is 26.7 Å². The van der Waals surface area contributed by atoms with Gasteiger partial charge in [-0.05, 0) is 25.0 Å². The van der Waals surface area contributed by atoms with Gasteiger partial charge in [-0.15, -0.1) is 0 Å². The second-order valence-electron chi connectivity index (χ2n) is 3.25. The van der Waals surface area contributed by atoms with Gasteiger partial charge in [-0.25, -0.2) is 0 Å². The Bertz CT molecular complexity index is 251. The molecule has 0 aliphatic carbocycles. The molecule has 1 aromatic rings. The van der Waals surface area contributed by atoms with E-state index < -0.39 is 0 Å². The van der Waals surface area contributed by atoms with Crippen molar-refractivity contribution in [1.29, 1.82) is 0 Å². The third-order valence-corrected chi connectivity index (χ3v) is 2.08. The number of aryl methyl sites for hydroxylation is 1. The molecule has 0 saturated heterocycles. The van der Waals surface area contributed by atoms with Crippen LogP contribution in [0.15, 0.2) is 18.2 Å². The second-order valence-corrected chi connectivity index (χ2v) is 3.25. The first-order valence-electron chi connectivity index (χ1n) is 4.78. The number of para-hydroxylation sites is 1. The lowest BCUT2D eigenvalue weighted by Crippen LogP contribution is -2.02. The van der Waals surface area contributed by atoms with E-state index in [2.05, 4.69) is 12.2 Å². The average Bonchev–Trinajstić information content (AvgIpc) is 2.10. The fourth-order valence-corrected chi connectivity index (χ4v) is 1.27. The molecule has 0 heterocycles. The van der Waals surface area contributed by atoms with E-state index in [0.717, 1.165) is 24.2 Å². The summed E-state index contributed by atoms with van der Waals surface area (Å²) in [6, 6.07) is 5.56. The lowest BCUT2D eigenvalue weighted by atomic mass is 10.2. The Morgan fingerprint density at radius 3 is 2.77 bits per heavy atom. The van der Waals surface area contributed by atoms with Crippen molar-refractivity contribution in [3.8, 4) is 5.75 Å². The topological polar surface area (TPSA) is 32.3 Å². The van der Waals surface area contributed by atoms with Crippen LogP contribution in [0.2, 0.25) is 0 Å². The zero-order valence-corrected chi connectivity index (χ0v) is 8.30. The Morgan fingerprint density at radius 1 is 1.38 bits per heavy atom. The van der Waals surface area contributed by atoms with Crippen molar-refractivity contribution >= 4 is 5.69 Å². The molecule has 1 aromatic carbocycles. The Hall–Kier alpha value is -1.18. The molecule has 0 unspecified atom stereocenters.